The van der Waals surface area contributed by atoms with E-state index in [0.717, 1.165) is 19.5 Å². The first-order valence-electron chi connectivity index (χ1n) is 6.63. The average molecular weight is 261 g/mol. The van der Waals surface area contributed by atoms with Gasteiger partial charge in [-0.2, -0.15) is 0 Å². The van der Waals surface area contributed by atoms with Crippen molar-refractivity contribution < 1.29 is 9.59 Å². The quantitative estimate of drug-likeness (QED) is 0.885. The normalized spacial score (nSPS) is 19.0. The zero-order valence-electron chi connectivity index (χ0n) is 11.1. The first kappa shape index (κ1) is 13.5. The monoisotopic (exact) mass is 261 g/mol. The molecule has 5 heteroatoms. The molecule has 0 aromatic carbocycles. The number of piperidine rings is 1. The molecule has 0 radical (unpaired) electrons. The highest BCUT2D eigenvalue weighted by molar-refractivity contribution is 5.96. The summed E-state index contributed by atoms with van der Waals surface area (Å²) in [6.07, 6.45) is 5.31. The molecule has 1 aromatic rings. The van der Waals surface area contributed by atoms with Gasteiger partial charge in [0.2, 0.25) is 5.91 Å². The molecule has 0 saturated carbocycles. The molecule has 5 nitrogen and oxygen atoms in total. The summed E-state index contributed by atoms with van der Waals surface area (Å²) in [5.74, 6) is 0.280. The van der Waals surface area contributed by atoms with Crippen LogP contribution in [0, 0.1) is 5.92 Å². The van der Waals surface area contributed by atoms with Crippen molar-refractivity contribution in [3.05, 3.63) is 30.1 Å². The molecule has 19 heavy (non-hydrogen) atoms. The van der Waals surface area contributed by atoms with E-state index in [9.17, 15) is 9.59 Å². The molecule has 1 atom stereocenters. The number of carbonyl (C=O) groups is 2. The van der Waals surface area contributed by atoms with Gasteiger partial charge < -0.3 is 10.2 Å². The van der Waals surface area contributed by atoms with E-state index in [4.69, 9.17) is 0 Å². The van der Waals surface area contributed by atoms with Gasteiger partial charge >= 0.3 is 0 Å². The fraction of sp³-hybridized carbons (Fsp3) is 0.500. The molecule has 2 heterocycles. The highest BCUT2D eigenvalue weighted by Crippen LogP contribution is 2.15. The second-order valence-electron chi connectivity index (χ2n) is 5.01. The zero-order valence-corrected chi connectivity index (χ0v) is 11.1. The number of hydrogen-bond acceptors (Lipinski definition) is 3. The van der Waals surface area contributed by atoms with E-state index in [-0.39, 0.29) is 18.4 Å². The summed E-state index contributed by atoms with van der Waals surface area (Å²) in [5, 5.41) is 2.64. The lowest BCUT2D eigenvalue weighted by Crippen LogP contribution is -2.44. The molecule has 0 spiro atoms. The van der Waals surface area contributed by atoms with Crippen LogP contribution in [-0.4, -0.2) is 41.3 Å². The van der Waals surface area contributed by atoms with Crippen LogP contribution in [0.25, 0.3) is 0 Å². The predicted octanol–water partition coefficient (Wildman–Crippen LogP) is 1.07. The minimum Gasteiger partial charge on any atom is -0.343 e. The van der Waals surface area contributed by atoms with E-state index < -0.39 is 0 Å². The molecular weight excluding hydrogens is 242 g/mol. The molecule has 2 amide bonds. The highest BCUT2D eigenvalue weighted by atomic mass is 16.2. The van der Waals surface area contributed by atoms with Gasteiger partial charge in [0.05, 0.1) is 12.1 Å². The maximum atomic E-state index is 12.0. The highest BCUT2D eigenvalue weighted by Gasteiger charge is 2.21. The van der Waals surface area contributed by atoms with Gasteiger partial charge in [-0.25, -0.2) is 0 Å². The molecular formula is C14H19N3O2. The van der Waals surface area contributed by atoms with Crippen LogP contribution in [0.2, 0.25) is 0 Å². The number of likely N-dealkylation sites (tertiary alicyclic amines) is 1. The predicted molar refractivity (Wildman–Crippen MR) is 71.5 cm³/mol. The Hall–Kier alpha value is -1.91. The third kappa shape index (κ3) is 3.77. The maximum absolute atomic E-state index is 12.0. The lowest BCUT2D eigenvalue weighted by Gasteiger charge is -2.31. The van der Waals surface area contributed by atoms with E-state index in [2.05, 4.69) is 17.2 Å². The Morgan fingerprint density at radius 2 is 2.37 bits per heavy atom. The number of pyridine rings is 1. The first-order chi connectivity index (χ1) is 9.16. The van der Waals surface area contributed by atoms with Crippen LogP contribution in [0.3, 0.4) is 0 Å². The van der Waals surface area contributed by atoms with Crippen molar-refractivity contribution in [3.8, 4) is 0 Å². The second-order valence-corrected chi connectivity index (χ2v) is 5.01. The molecule has 1 aliphatic heterocycles. The van der Waals surface area contributed by atoms with Crippen molar-refractivity contribution in [2.45, 2.75) is 19.8 Å². The van der Waals surface area contributed by atoms with E-state index in [1.807, 2.05) is 4.90 Å². The summed E-state index contributed by atoms with van der Waals surface area (Å²) >= 11 is 0. The van der Waals surface area contributed by atoms with Gasteiger partial charge in [0.15, 0.2) is 0 Å². The molecule has 1 unspecified atom stereocenters. The Labute approximate surface area is 113 Å². The molecule has 1 saturated heterocycles. The second kappa shape index (κ2) is 6.31. The van der Waals surface area contributed by atoms with Crippen molar-refractivity contribution in [3.63, 3.8) is 0 Å². The number of nitrogens with zero attached hydrogens (tertiary/aromatic N) is 2. The number of carbonyl (C=O) groups excluding carboxylic acids is 2. The minimum atomic E-state index is -0.258. The van der Waals surface area contributed by atoms with Gasteiger partial charge in [-0.3, -0.25) is 14.6 Å². The van der Waals surface area contributed by atoms with Gasteiger partial charge in [0, 0.05) is 25.5 Å². The Balaban J connectivity index is 1.82. The van der Waals surface area contributed by atoms with Crippen LogP contribution in [0.5, 0.6) is 0 Å². The van der Waals surface area contributed by atoms with E-state index >= 15 is 0 Å². The Morgan fingerprint density at radius 1 is 1.53 bits per heavy atom. The van der Waals surface area contributed by atoms with Crippen molar-refractivity contribution in [2.75, 3.05) is 19.6 Å². The topological polar surface area (TPSA) is 62.3 Å². The average Bonchev–Trinajstić information content (AvgIpc) is 2.45. The summed E-state index contributed by atoms with van der Waals surface area (Å²) in [6, 6.07) is 3.37. The van der Waals surface area contributed by atoms with E-state index in [1.54, 1.807) is 18.3 Å². The maximum Gasteiger partial charge on any atom is 0.253 e. The Kier molecular flexibility index (Phi) is 4.49. The SMILES string of the molecule is CC1CCCN(C(=O)CNC(=O)c2cccnc2)C1. The van der Waals surface area contributed by atoms with Crippen LogP contribution in [-0.2, 0) is 4.79 Å². The van der Waals surface area contributed by atoms with Crippen LogP contribution in [0.1, 0.15) is 30.1 Å². The molecule has 1 aliphatic rings. The summed E-state index contributed by atoms with van der Waals surface area (Å²) in [7, 11) is 0. The molecule has 0 bridgehead atoms. The first-order valence-corrected chi connectivity index (χ1v) is 6.63. The lowest BCUT2D eigenvalue weighted by atomic mass is 10.0. The molecule has 102 valence electrons. The molecule has 1 fully saturated rings. The zero-order chi connectivity index (χ0) is 13.7. The summed E-state index contributed by atoms with van der Waals surface area (Å²) in [6.45, 7) is 3.79. The van der Waals surface area contributed by atoms with E-state index in [1.165, 1.54) is 12.6 Å². The standard InChI is InChI=1S/C14H19N3O2/c1-11-4-3-7-17(10-11)13(18)9-16-14(19)12-5-2-6-15-8-12/h2,5-6,8,11H,3-4,7,9-10H2,1H3,(H,16,19). The van der Waals surface area contributed by atoms with Crippen LogP contribution >= 0.6 is 0 Å². The van der Waals surface area contributed by atoms with Gasteiger partial charge in [0.25, 0.3) is 5.91 Å². The number of rotatable bonds is 3. The largest absolute Gasteiger partial charge is 0.343 e. The van der Waals surface area contributed by atoms with Gasteiger partial charge in [0.1, 0.15) is 0 Å². The molecule has 1 N–H and O–H groups in total. The Bertz CT molecular complexity index is 447. The number of hydrogen-bond donors (Lipinski definition) is 1. The molecule has 0 aliphatic carbocycles. The minimum absolute atomic E-state index is 0.0104. The smallest absolute Gasteiger partial charge is 0.253 e. The van der Waals surface area contributed by atoms with Crippen LogP contribution in [0.4, 0.5) is 0 Å². The fourth-order valence-electron chi connectivity index (χ4n) is 2.28. The van der Waals surface area contributed by atoms with Gasteiger partial charge in [-0.15, -0.1) is 0 Å². The molecule has 2 rings (SSSR count). The summed E-state index contributed by atoms with van der Waals surface area (Å²) < 4.78 is 0. The number of nitrogens with one attached hydrogen (secondary N) is 1. The Morgan fingerprint density at radius 3 is 3.05 bits per heavy atom. The third-order valence-electron chi connectivity index (χ3n) is 3.33. The van der Waals surface area contributed by atoms with Crippen molar-refractivity contribution >= 4 is 11.8 Å². The fourth-order valence-corrected chi connectivity index (χ4v) is 2.28. The van der Waals surface area contributed by atoms with Crippen LogP contribution in [0.15, 0.2) is 24.5 Å². The van der Waals surface area contributed by atoms with Crippen LogP contribution < -0.4 is 5.32 Å². The van der Waals surface area contributed by atoms with E-state index in [0.29, 0.717) is 11.5 Å². The van der Waals surface area contributed by atoms with Gasteiger partial charge in [-0.1, -0.05) is 6.92 Å². The number of aromatic nitrogens is 1. The van der Waals surface area contributed by atoms with Crippen molar-refractivity contribution in [1.82, 2.24) is 15.2 Å². The van der Waals surface area contributed by atoms with Crippen molar-refractivity contribution in [1.29, 1.82) is 0 Å². The summed E-state index contributed by atoms with van der Waals surface area (Å²) in [4.78, 5) is 29.5. The third-order valence-corrected chi connectivity index (χ3v) is 3.33. The molecule has 1 aromatic heterocycles. The van der Waals surface area contributed by atoms with Crippen molar-refractivity contribution in [2.24, 2.45) is 5.92 Å². The summed E-state index contributed by atoms with van der Waals surface area (Å²) in [5.41, 5.74) is 0.474. The van der Waals surface area contributed by atoms with Gasteiger partial charge in [-0.05, 0) is 30.9 Å². The lowest BCUT2D eigenvalue weighted by molar-refractivity contribution is -0.131. The number of amides is 2.